The van der Waals surface area contributed by atoms with E-state index in [1.165, 1.54) is 0 Å². The van der Waals surface area contributed by atoms with Crippen molar-refractivity contribution >= 4 is 5.91 Å². The molecule has 1 aliphatic rings. The van der Waals surface area contributed by atoms with Crippen molar-refractivity contribution in [2.45, 2.75) is 32.7 Å². The molecule has 1 fully saturated rings. The molecular formula is C13H20N2O2. The second kappa shape index (κ2) is 4.92. The molecule has 0 radical (unpaired) electrons. The van der Waals surface area contributed by atoms with Crippen LogP contribution < -0.4 is 10.6 Å². The van der Waals surface area contributed by atoms with Crippen molar-refractivity contribution in [3.63, 3.8) is 0 Å². The van der Waals surface area contributed by atoms with Gasteiger partial charge in [-0.2, -0.15) is 0 Å². The molecule has 2 heterocycles. The highest BCUT2D eigenvalue weighted by molar-refractivity contribution is 5.83. The molecule has 4 heteroatoms. The molecule has 0 aliphatic carbocycles. The van der Waals surface area contributed by atoms with Crippen LogP contribution in [0.25, 0.3) is 0 Å². The fourth-order valence-electron chi connectivity index (χ4n) is 2.36. The molecule has 1 amide bonds. The van der Waals surface area contributed by atoms with Gasteiger partial charge in [0.1, 0.15) is 5.76 Å². The minimum absolute atomic E-state index is 0.0680. The molecule has 2 N–H and O–H groups in total. The molecule has 2 rings (SSSR count). The van der Waals surface area contributed by atoms with Gasteiger partial charge in [-0.15, -0.1) is 0 Å². The van der Waals surface area contributed by atoms with Crippen LogP contribution >= 0.6 is 0 Å². The van der Waals surface area contributed by atoms with Crippen LogP contribution in [0.1, 0.15) is 38.5 Å². The van der Waals surface area contributed by atoms with Crippen molar-refractivity contribution in [1.29, 1.82) is 0 Å². The summed E-state index contributed by atoms with van der Waals surface area (Å²) in [6, 6.07) is 3.66. The van der Waals surface area contributed by atoms with Gasteiger partial charge in [0, 0.05) is 6.54 Å². The summed E-state index contributed by atoms with van der Waals surface area (Å²) in [7, 11) is 0. The molecule has 0 spiro atoms. The predicted molar refractivity (Wildman–Crippen MR) is 65.5 cm³/mol. The number of amides is 1. The van der Waals surface area contributed by atoms with Crippen LogP contribution in [0.2, 0.25) is 0 Å². The van der Waals surface area contributed by atoms with E-state index in [1.807, 2.05) is 19.1 Å². The number of carbonyl (C=O) groups excluding carboxylic acids is 1. The molecule has 1 unspecified atom stereocenters. The van der Waals surface area contributed by atoms with E-state index in [0.717, 1.165) is 31.7 Å². The molecule has 2 atom stereocenters. The fraction of sp³-hybridized carbons (Fsp3) is 0.615. The van der Waals surface area contributed by atoms with Gasteiger partial charge in [-0.1, -0.05) is 6.92 Å². The average Bonchev–Trinajstić information content (AvgIpc) is 3.01. The summed E-state index contributed by atoms with van der Waals surface area (Å²) in [5, 5.41) is 6.31. The summed E-state index contributed by atoms with van der Waals surface area (Å²) >= 11 is 0. The van der Waals surface area contributed by atoms with Crippen molar-refractivity contribution in [1.82, 2.24) is 10.6 Å². The summed E-state index contributed by atoms with van der Waals surface area (Å²) in [6.07, 6.45) is 3.42. The monoisotopic (exact) mass is 236 g/mol. The highest BCUT2D eigenvalue weighted by Gasteiger charge is 2.39. The lowest BCUT2D eigenvalue weighted by atomic mass is 9.83. The normalized spacial score (nSPS) is 25.8. The first-order chi connectivity index (χ1) is 8.18. The van der Waals surface area contributed by atoms with Crippen molar-refractivity contribution in [3.8, 4) is 0 Å². The quantitative estimate of drug-likeness (QED) is 0.838. The van der Waals surface area contributed by atoms with Crippen LogP contribution in [0.15, 0.2) is 22.8 Å². The van der Waals surface area contributed by atoms with E-state index in [4.69, 9.17) is 4.42 Å². The largest absolute Gasteiger partial charge is 0.467 e. The Kier molecular flexibility index (Phi) is 3.52. The summed E-state index contributed by atoms with van der Waals surface area (Å²) in [6.45, 7) is 5.73. The van der Waals surface area contributed by atoms with Crippen LogP contribution in [0.3, 0.4) is 0 Å². The van der Waals surface area contributed by atoms with Gasteiger partial charge in [-0.25, -0.2) is 0 Å². The molecule has 1 aliphatic heterocycles. The summed E-state index contributed by atoms with van der Waals surface area (Å²) in [5.41, 5.74) is -0.235. The zero-order valence-electron chi connectivity index (χ0n) is 10.5. The topological polar surface area (TPSA) is 54.3 Å². The number of rotatable bonds is 4. The average molecular weight is 236 g/mol. The Balaban J connectivity index is 2.01. The van der Waals surface area contributed by atoms with Crippen LogP contribution in [0.5, 0.6) is 0 Å². The van der Waals surface area contributed by atoms with Crippen molar-refractivity contribution in [2.75, 3.05) is 13.1 Å². The first-order valence-electron chi connectivity index (χ1n) is 6.23. The van der Waals surface area contributed by atoms with Crippen molar-refractivity contribution < 1.29 is 9.21 Å². The lowest BCUT2D eigenvalue weighted by Crippen LogP contribution is -2.43. The third-order valence-corrected chi connectivity index (χ3v) is 3.72. The molecular weight excluding hydrogens is 216 g/mol. The molecule has 94 valence electrons. The van der Waals surface area contributed by atoms with Crippen LogP contribution in [-0.2, 0) is 4.79 Å². The molecule has 0 saturated carbocycles. The second-order valence-corrected chi connectivity index (χ2v) is 4.77. The number of carbonyl (C=O) groups is 1. The second-order valence-electron chi connectivity index (χ2n) is 4.77. The number of hydrogen-bond acceptors (Lipinski definition) is 3. The predicted octanol–water partition coefficient (Wildman–Crippen LogP) is 1.85. The van der Waals surface area contributed by atoms with E-state index in [2.05, 4.69) is 17.6 Å². The summed E-state index contributed by atoms with van der Waals surface area (Å²) in [4.78, 5) is 12.3. The fourth-order valence-corrected chi connectivity index (χ4v) is 2.36. The molecule has 0 aromatic carbocycles. The Hall–Kier alpha value is -1.29. The molecule has 1 saturated heterocycles. The summed E-state index contributed by atoms with van der Waals surface area (Å²) in [5.74, 6) is 0.935. The van der Waals surface area contributed by atoms with E-state index in [-0.39, 0.29) is 17.4 Å². The zero-order chi connectivity index (χ0) is 12.3. The molecule has 1 aromatic heterocycles. The van der Waals surface area contributed by atoms with Gasteiger partial charge >= 0.3 is 0 Å². The SMILES string of the molecule is CCC1(C(=O)N[C@H](C)c2ccco2)CCNC1. The number of nitrogens with one attached hydrogen (secondary N) is 2. The van der Waals surface area contributed by atoms with Gasteiger partial charge < -0.3 is 15.1 Å². The lowest BCUT2D eigenvalue weighted by Gasteiger charge is -2.26. The first-order valence-corrected chi connectivity index (χ1v) is 6.23. The Morgan fingerprint density at radius 2 is 2.53 bits per heavy atom. The Labute approximate surface area is 102 Å². The minimum Gasteiger partial charge on any atom is -0.467 e. The van der Waals surface area contributed by atoms with Gasteiger partial charge in [-0.3, -0.25) is 4.79 Å². The maximum Gasteiger partial charge on any atom is 0.228 e. The van der Waals surface area contributed by atoms with Gasteiger partial charge in [0.2, 0.25) is 5.91 Å². The highest BCUT2D eigenvalue weighted by atomic mass is 16.3. The number of hydrogen-bond donors (Lipinski definition) is 2. The van der Waals surface area contributed by atoms with E-state index >= 15 is 0 Å². The maximum atomic E-state index is 12.3. The molecule has 1 aromatic rings. The van der Waals surface area contributed by atoms with E-state index < -0.39 is 0 Å². The molecule has 4 nitrogen and oxygen atoms in total. The Bertz CT molecular complexity index is 367. The van der Waals surface area contributed by atoms with E-state index in [0.29, 0.717) is 0 Å². The smallest absolute Gasteiger partial charge is 0.228 e. The van der Waals surface area contributed by atoms with Crippen LogP contribution in [0, 0.1) is 5.41 Å². The van der Waals surface area contributed by atoms with Gasteiger partial charge in [0.15, 0.2) is 0 Å². The van der Waals surface area contributed by atoms with Gasteiger partial charge in [0.25, 0.3) is 0 Å². The van der Waals surface area contributed by atoms with Gasteiger partial charge in [0.05, 0.1) is 17.7 Å². The van der Waals surface area contributed by atoms with Crippen molar-refractivity contribution in [2.24, 2.45) is 5.41 Å². The zero-order valence-corrected chi connectivity index (χ0v) is 10.5. The van der Waals surface area contributed by atoms with Gasteiger partial charge in [-0.05, 0) is 38.4 Å². The standard InChI is InChI=1S/C13H20N2O2/c1-3-13(6-7-14-9-13)12(16)15-10(2)11-5-4-8-17-11/h4-5,8,10,14H,3,6-7,9H2,1-2H3,(H,15,16)/t10-,13?/m1/s1. The lowest BCUT2D eigenvalue weighted by molar-refractivity contribution is -0.131. The van der Waals surface area contributed by atoms with E-state index in [9.17, 15) is 4.79 Å². The molecule has 17 heavy (non-hydrogen) atoms. The third kappa shape index (κ3) is 2.36. The Morgan fingerprint density at radius 3 is 3.06 bits per heavy atom. The number of furan rings is 1. The van der Waals surface area contributed by atoms with E-state index in [1.54, 1.807) is 6.26 Å². The summed E-state index contributed by atoms with van der Waals surface area (Å²) < 4.78 is 5.30. The first kappa shape index (κ1) is 12.2. The minimum atomic E-state index is -0.235. The van der Waals surface area contributed by atoms with Crippen LogP contribution in [0.4, 0.5) is 0 Å². The Morgan fingerprint density at radius 1 is 1.71 bits per heavy atom. The molecule has 0 bridgehead atoms. The van der Waals surface area contributed by atoms with Crippen molar-refractivity contribution in [3.05, 3.63) is 24.2 Å². The van der Waals surface area contributed by atoms with Crippen LogP contribution in [-0.4, -0.2) is 19.0 Å². The maximum absolute atomic E-state index is 12.3. The highest BCUT2D eigenvalue weighted by Crippen LogP contribution is 2.30. The third-order valence-electron chi connectivity index (χ3n) is 3.72.